The van der Waals surface area contributed by atoms with E-state index in [1.165, 1.54) is 17.0 Å². The Morgan fingerprint density at radius 1 is 0.867 bits per heavy atom. The van der Waals surface area contributed by atoms with E-state index in [-0.39, 0.29) is 24.2 Å². The molecule has 0 spiro atoms. The average molecular weight is 407 g/mol. The Bertz CT molecular complexity index is 1000. The molecule has 30 heavy (non-hydrogen) atoms. The van der Waals surface area contributed by atoms with Crippen LogP contribution in [-0.2, 0) is 16.0 Å². The highest BCUT2D eigenvalue weighted by molar-refractivity contribution is 6.35. The normalized spacial score (nSPS) is 17.3. The van der Waals surface area contributed by atoms with Crippen molar-refractivity contribution in [2.45, 2.75) is 39.5 Å². The maximum atomic E-state index is 13.4. The highest BCUT2D eigenvalue weighted by Gasteiger charge is 2.41. The maximum absolute atomic E-state index is 13.4. The van der Waals surface area contributed by atoms with E-state index in [0.29, 0.717) is 17.7 Å². The molecular weight excluding hydrogens is 379 g/mol. The van der Waals surface area contributed by atoms with Crippen LogP contribution in [0.3, 0.4) is 0 Å². The van der Waals surface area contributed by atoms with E-state index in [0.717, 1.165) is 54.6 Å². The second-order valence-electron chi connectivity index (χ2n) is 8.21. The number of rotatable bonds is 5. The number of aryl methyl sites for hydroxylation is 2. The minimum atomic E-state index is -0.293. The molecule has 0 atom stereocenters. The molecule has 1 fully saturated rings. The first-order chi connectivity index (χ1) is 14.5. The summed E-state index contributed by atoms with van der Waals surface area (Å²) >= 11 is 0. The van der Waals surface area contributed by atoms with Crippen LogP contribution in [0.2, 0.25) is 0 Å². The van der Waals surface area contributed by atoms with Gasteiger partial charge in [0.25, 0.3) is 11.8 Å². The van der Waals surface area contributed by atoms with Gasteiger partial charge in [0, 0.05) is 19.6 Å². The Balaban J connectivity index is 1.66. The van der Waals surface area contributed by atoms with Crippen molar-refractivity contribution in [2.24, 2.45) is 0 Å². The number of carbonyl (C=O) groups is 2. The summed E-state index contributed by atoms with van der Waals surface area (Å²) in [5.74, 6) is -0.735. The van der Waals surface area contributed by atoms with Gasteiger partial charge in [0.2, 0.25) is 0 Å². The molecule has 0 aliphatic carbocycles. The summed E-state index contributed by atoms with van der Waals surface area (Å²) in [4.78, 5) is 30.2. The molecule has 4 nitrogen and oxygen atoms in total. The van der Waals surface area contributed by atoms with Crippen molar-refractivity contribution in [2.75, 3.05) is 19.6 Å². The molecular formula is C25H27FN2O2. The molecule has 0 radical (unpaired) electrons. The summed E-state index contributed by atoms with van der Waals surface area (Å²) in [5.41, 5.74) is 5.02. The van der Waals surface area contributed by atoms with Gasteiger partial charge in [-0.15, -0.1) is 0 Å². The highest BCUT2D eigenvalue weighted by atomic mass is 19.1. The van der Waals surface area contributed by atoms with Crippen LogP contribution < -0.4 is 0 Å². The Kier molecular flexibility index (Phi) is 5.71. The minimum absolute atomic E-state index is 0.211. The summed E-state index contributed by atoms with van der Waals surface area (Å²) in [5, 5.41) is 0. The van der Waals surface area contributed by atoms with E-state index in [2.05, 4.69) is 4.90 Å². The van der Waals surface area contributed by atoms with Crippen molar-refractivity contribution in [1.82, 2.24) is 9.80 Å². The molecule has 156 valence electrons. The topological polar surface area (TPSA) is 40.6 Å². The minimum Gasteiger partial charge on any atom is -0.366 e. The lowest BCUT2D eigenvalue weighted by Crippen LogP contribution is -2.38. The predicted octanol–water partition coefficient (Wildman–Crippen LogP) is 4.25. The summed E-state index contributed by atoms with van der Waals surface area (Å²) in [7, 11) is 0. The quantitative estimate of drug-likeness (QED) is 0.697. The molecule has 0 saturated carbocycles. The molecule has 2 aromatic rings. The van der Waals surface area contributed by atoms with Gasteiger partial charge in [-0.1, -0.05) is 30.3 Å². The third-order valence-electron chi connectivity index (χ3n) is 6.15. The molecule has 0 unspecified atom stereocenters. The fraction of sp³-hybridized carbons (Fsp3) is 0.360. The summed E-state index contributed by atoms with van der Waals surface area (Å²) in [6, 6.07) is 12.2. The molecule has 2 heterocycles. The maximum Gasteiger partial charge on any atom is 0.277 e. The molecule has 2 aromatic carbocycles. The number of benzene rings is 2. The number of nitrogens with zero attached hydrogens (tertiary/aromatic N) is 2. The summed E-state index contributed by atoms with van der Waals surface area (Å²) in [6.45, 7) is 5.95. The Morgan fingerprint density at radius 3 is 2.23 bits per heavy atom. The van der Waals surface area contributed by atoms with Crippen LogP contribution in [0, 0.1) is 19.7 Å². The first kappa shape index (κ1) is 20.3. The molecule has 4 rings (SSSR count). The van der Waals surface area contributed by atoms with Crippen molar-refractivity contribution in [3.8, 4) is 0 Å². The highest BCUT2D eigenvalue weighted by Crippen LogP contribution is 2.34. The van der Waals surface area contributed by atoms with E-state index >= 15 is 0 Å². The number of halogens is 1. The Labute approximate surface area is 177 Å². The lowest BCUT2D eigenvalue weighted by Gasteiger charge is -2.29. The zero-order chi connectivity index (χ0) is 21.3. The summed E-state index contributed by atoms with van der Waals surface area (Å²) < 4.78 is 13.2. The fourth-order valence-corrected chi connectivity index (χ4v) is 4.23. The van der Waals surface area contributed by atoms with E-state index in [1.807, 2.05) is 32.0 Å². The van der Waals surface area contributed by atoms with Crippen molar-refractivity contribution >= 4 is 17.4 Å². The zero-order valence-electron chi connectivity index (χ0n) is 17.6. The van der Waals surface area contributed by atoms with Crippen molar-refractivity contribution < 1.29 is 14.0 Å². The Morgan fingerprint density at radius 2 is 1.57 bits per heavy atom. The van der Waals surface area contributed by atoms with Gasteiger partial charge >= 0.3 is 0 Å². The van der Waals surface area contributed by atoms with Crippen molar-refractivity contribution in [3.63, 3.8) is 0 Å². The lowest BCUT2D eigenvalue weighted by molar-refractivity contribution is -0.137. The van der Waals surface area contributed by atoms with Gasteiger partial charge in [-0.2, -0.15) is 0 Å². The average Bonchev–Trinajstić information content (AvgIpc) is 3.00. The van der Waals surface area contributed by atoms with Gasteiger partial charge in [-0.05, 0) is 73.9 Å². The van der Waals surface area contributed by atoms with E-state index in [9.17, 15) is 14.0 Å². The molecule has 0 aromatic heterocycles. The van der Waals surface area contributed by atoms with Crippen LogP contribution in [-0.4, -0.2) is 41.2 Å². The lowest BCUT2D eigenvalue weighted by atomic mass is 9.98. The number of hydrogen-bond acceptors (Lipinski definition) is 3. The van der Waals surface area contributed by atoms with Crippen LogP contribution in [0.1, 0.15) is 41.5 Å². The second kappa shape index (κ2) is 8.42. The fourth-order valence-electron chi connectivity index (χ4n) is 4.23. The largest absolute Gasteiger partial charge is 0.366 e. The van der Waals surface area contributed by atoms with E-state index in [4.69, 9.17) is 0 Å². The number of carbonyl (C=O) groups excluding carboxylic acids is 2. The van der Waals surface area contributed by atoms with E-state index < -0.39 is 0 Å². The number of hydrogen-bond donors (Lipinski definition) is 0. The predicted molar refractivity (Wildman–Crippen MR) is 115 cm³/mol. The van der Waals surface area contributed by atoms with Crippen LogP contribution in [0.15, 0.2) is 48.2 Å². The van der Waals surface area contributed by atoms with Gasteiger partial charge in [0.15, 0.2) is 0 Å². The van der Waals surface area contributed by atoms with Gasteiger partial charge in [-0.25, -0.2) is 4.39 Å². The molecule has 2 aliphatic heterocycles. The van der Waals surface area contributed by atoms with E-state index in [1.54, 1.807) is 12.1 Å². The third kappa shape index (κ3) is 3.89. The van der Waals surface area contributed by atoms with Crippen molar-refractivity contribution in [3.05, 3.63) is 76.2 Å². The number of amides is 2. The summed E-state index contributed by atoms with van der Waals surface area (Å²) in [6.07, 6.45) is 3.71. The SMILES string of the molecule is Cc1ccc(C2=C(N3CCCCC3)C(=O)N(CCc3ccc(F)cc3)C2=O)cc1C. The van der Waals surface area contributed by atoms with Gasteiger partial charge in [-0.3, -0.25) is 14.5 Å². The van der Waals surface area contributed by atoms with Crippen LogP contribution >= 0.6 is 0 Å². The molecule has 0 bridgehead atoms. The molecule has 2 amide bonds. The molecule has 1 saturated heterocycles. The molecule has 5 heteroatoms. The van der Waals surface area contributed by atoms with Crippen molar-refractivity contribution in [1.29, 1.82) is 0 Å². The number of likely N-dealkylation sites (tertiary alicyclic amines) is 1. The smallest absolute Gasteiger partial charge is 0.277 e. The number of imide groups is 1. The van der Waals surface area contributed by atoms with Crippen LogP contribution in [0.5, 0.6) is 0 Å². The van der Waals surface area contributed by atoms with Gasteiger partial charge in [0.05, 0.1) is 5.57 Å². The first-order valence-corrected chi connectivity index (χ1v) is 10.6. The monoisotopic (exact) mass is 406 g/mol. The third-order valence-corrected chi connectivity index (χ3v) is 6.15. The van der Waals surface area contributed by atoms with Gasteiger partial charge in [0.1, 0.15) is 11.5 Å². The van der Waals surface area contributed by atoms with Gasteiger partial charge < -0.3 is 4.90 Å². The van der Waals surface area contributed by atoms with Crippen LogP contribution in [0.25, 0.3) is 5.57 Å². The second-order valence-corrected chi connectivity index (χ2v) is 8.21. The first-order valence-electron chi connectivity index (χ1n) is 10.6. The molecule has 0 N–H and O–H groups in total. The molecule has 2 aliphatic rings. The zero-order valence-corrected chi connectivity index (χ0v) is 17.6. The van der Waals surface area contributed by atoms with Crippen LogP contribution in [0.4, 0.5) is 4.39 Å². The Hall–Kier alpha value is -2.95. The standard InChI is InChI=1S/C25H27FN2O2/c1-17-6-9-20(16-18(17)2)22-23(27-13-4-3-5-14-27)25(30)28(24(22)29)15-12-19-7-10-21(26)11-8-19/h6-11,16H,3-5,12-15H2,1-2H3. The number of piperidine rings is 1.